The first-order valence-electron chi connectivity index (χ1n) is 4.98. The number of halogens is 2. The normalized spacial score (nSPS) is 13.4. The Morgan fingerprint density at radius 2 is 2.12 bits per heavy atom. The second-order valence-electron chi connectivity index (χ2n) is 3.64. The molecule has 1 unspecified atom stereocenters. The van der Waals surface area contributed by atoms with Gasteiger partial charge in [-0.15, -0.1) is 0 Å². The molecule has 1 aromatic carbocycles. The number of rotatable bonds is 5. The summed E-state index contributed by atoms with van der Waals surface area (Å²) >= 11 is 3.16. The van der Waals surface area contributed by atoms with Gasteiger partial charge in [-0.25, -0.2) is 12.8 Å². The number of hydrogen-bond donors (Lipinski definition) is 2. The standard InChI is InChI=1S/C10H14BrFN2O2S/c1-7(6-13-2)17(15,16)14-10-5-8(12)3-4-9(10)11/h3-5,7,13-14H,6H2,1-2H3. The third-order valence-corrected chi connectivity index (χ3v) is 4.62. The monoisotopic (exact) mass is 324 g/mol. The summed E-state index contributed by atoms with van der Waals surface area (Å²) in [4.78, 5) is 0. The minimum atomic E-state index is -3.52. The van der Waals surface area contributed by atoms with Crippen LogP contribution in [0.25, 0.3) is 0 Å². The average Bonchev–Trinajstić information content (AvgIpc) is 2.23. The molecular formula is C10H14BrFN2O2S. The van der Waals surface area contributed by atoms with Crippen molar-refractivity contribution in [3.8, 4) is 0 Å². The van der Waals surface area contributed by atoms with Crippen LogP contribution in [0.1, 0.15) is 6.92 Å². The third kappa shape index (κ3) is 3.93. The minimum absolute atomic E-state index is 0.202. The quantitative estimate of drug-likeness (QED) is 0.870. The van der Waals surface area contributed by atoms with Gasteiger partial charge in [-0.1, -0.05) is 0 Å². The van der Waals surface area contributed by atoms with E-state index in [1.54, 1.807) is 14.0 Å². The average molecular weight is 325 g/mol. The van der Waals surface area contributed by atoms with E-state index in [0.29, 0.717) is 11.0 Å². The first-order valence-corrected chi connectivity index (χ1v) is 7.32. The summed E-state index contributed by atoms with van der Waals surface area (Å²) in [6, 6.07) is 3.84. The van der Waals surface area contributed by atoms with Crippen molar-refractivity contribution in [3.63, 3.8) is 0 Å². The Morgan fingerprint density at radius 3 is 2.71 bits per heavy atom. The lowest BCUT2D eigenvalue weighted by Gasteiger charge is -2.15. The fourth-order valence-corrected chi connectivity index (χ4v) is 2.77. The minimum Gasteiger partial charge on any atom is -0.318 e. The van der Waals surface area contributed by atoms with Crippen LogP contribution in [0.2, 0.25) is 0 Å². The van der Waals surface area contributed by atoms with E-state index in [2.05, 4.69) is 26.0 Å². The van der Waals surface area contributed by atoms with Crippen LogP contribution in [0.15, 0.2) is 22.7 Å². The maximum absolute atomic E-state index is 13.0. The molecule has 0 spiro atoms. The highest BCUT2D eigenvalue weighted by atomic mass is 79.9. The van der Waals surface area contributed by atoms with Crippen LogP contribution >= 0.6 is 15.9 Å². The molecule has 17 heavy (non-hydrogen) atoms. The molecule has 2 N–H and O–H groups in total. The van der Waals surface area contributed by atoms with Crippen molar-refractivity contribution in [1.82, 2.24) is 5.32 Å². The molecule has 4 nitrogen and oxygen atoms in total. The summed E-state index contributed by atoms with van der Waals surface area (Å²) in [5.74, 6) is -0.493. The highest BCUT2D eigenvalue weighted by Crippen LogP contribution is 2.24. The van der Waals surface area contributed by atoms with Gasteiger partial charge in [-0.3, -0.25) is 4.72 Å². The van der Waals surface area contributed by atoms with Crippen molar-refractivity contribution in [2.24, 2.45) is 0 Å². The van der Waals surface area contributed by atoms with Crippen molar-refractivity contribution in [2.75, 3.05) is 18.3 Å². The van der Waals surface area contributed by atoms with Crippen molar-refractivity contribution in [3.05, 3.63) is 28.5 Å². The maximum atomic E-state index is 13.0. The molecule has 0 saturated heterocycles. The molecule has 7 heteroatoms. The number of sulfonamides is 1. The number of anilines is 1. The molecular weight excluding hydrogens is 311 g/mol. The molecule has 96 valence electrons. The molecule has 0 amide bonds. The Hall–Kier alpha value is -0.660. The molecule has 0 fully saturated rings. The van der Waals surface area contributed by atoms with Crippen LogP contribution in [0.3, 0.4) is 0 Å². The Labute approximate surface area is 109 Å². The van der Waals surface area contributed by atoms with Crippen LogP contribution in [0.4, 0.5) is 10.1 Å². The van der Waals surface area contributed by atoms with E-state index in [9.17, 15) is 12.8 Å². The lowest BCUT2D eigenvalue weighted by molar-refractivity contribution is 0.583. The van der Waals surface area contributed by atoms with Crippen molar-refractivity contribution >= 4 is 31.6 Å². The maximum Gasteiger partial charge on any atom is 0.236 e. The van der Waals surface area contributed by atoms with Gasteiger partial charge in [-0.2, -0.15) is 0 Å². The van der Waals surface area contributed by atoms with E-state index in [4.69, 9.17) is 0 Å². The van der Waals surface area contributed by atoms with Gasteiger partial charge >= 0.3 is 0 Å². The largest absolute Gasteiger partial charge is 0.318 e. The van der Waals surface area contributed by atoms with E-state index < -0.39 is 21.1 Å². The third-order valence-electron chi connectivity index (χ3n) is 2.20. The Kier molecular flexibility index (Phi) is 4.91. The first kappa shape index (κ1) is 14.4. The Balaban J connectivity index is 2.94. The van der Waals surface area contributed by atoms with Crippen LogP contribution in [-0.2, 0) is 10.0 Å². The Bertz CT molecular complexity index is 493. The number of hydrogen-bond acceptors (Lipinski definition) is 3. The summed E-state index contributed by atoms with van der Waals surface area (Å²) < 4.78 is 39.6. The van der Waals surface area contributed by atoms with E-state index in [0.717, 1.165) is 6.07 Å². The molecule has 0 aliphatic carbocycles. The summed E-state index contributed by atoms with van der Waals surface area (Å²) in [5, 5.41) is 2.17. The molecule has 0 bridgehead atoms. The van der Waals surface area contributed by atoms with E-state index >= 15 is 0 Å². The second-order valence-corrected chi connectivity index (χ2v) is 6.59. The predicted molar refractivity (Wildman–Crippen MR) is 70.0 cm³/mol. The second kappa shape index (κ2) is 5.79. The zero-order valence-electron chi connectivity index (χ0n) is 9.50. The topological polar surface area (TPSA) is 58.2 Å². The molecule has 0 radical (unpaired) electrons. The number of nitrogens with one attached hydrogen (secondary N) is 2. The van der Waals surface area contributed by atoms with Gasteiger partial charge in [0.15, 0.2) is 0 Å². The molecule has 0 heterocycles. The molecule has 0 aromatic heterocycles. The zero-order valence-corrected chi connectivity index (χ0v) is 11.9. The zero-order chi connectivity index (χ0) is 13.1. The lowest BCUT2D eigenvalue weighted by Crippen LogP contribution is -2.33. The van der Waals surface area contributed by atoms with Gasteiger partial charge in [0.1, 0.15) is 5.82 Å². The van der Waals surface area contributed by atoms with Gasteiger partial charge in [-0.05, 0) is 48.1 Å². The fraction of sp³-hybridized carbons (Fsp3) is 0.400. The van der Waals surface area contributed by atoms with Gasteiger partial charge in [0.05, 0.1) is 10.9 Å². The van der Waals surface area contributed by atoms with Crippen LogP contribution in [0, 0.1) is 5.82 Å². The highest BCUT2D eigenvalue weighted by Gasteiger charge is 2.20. The number of benzene rings is 1. The van der Waals surface area contributed by atoms with E-state index in [1.165, 1.54) is 12.1 Å². The van der Waals surface area contributed by atoms with E-state index in [1.807, 2.05) is 0 Å². The van der Waals surface area contributed by atoms with Gasteiger partial charge in [0.2, 0.25) is 10.0 Å². The van der Waals surface area contributed by atoms with Gasteiger partial charge in [0.25, 0.3) is 0 Å². The lowest BCUT2D eigenvalue weighted by atomic mass is 10.3. The van der Waals surface area contributed by atoms with Crippen LogP contribution in [0.5, 0.6) is 0 Å². The van der Waals surface area contributed by atoms with Crippen molar-refractivity contribution in [2.45, 2.75) is 12.2 Å². The molecule has 1 atom stereocenters. The predicted octanol–water partition coefficient (Wildman–Crippen LogP) is 1.94. The van der Waals surface area contributed by atoms with E-state index in [-0.39, 0.29) is 5.69 Å². The van der Waals surface area contributed by atoms with Gasteiger partial charge in [0, 0.05) is 11.0 Å². The molecule has 0 aliphatic rings. The molecule has 1 aromatic rings. The van der Waals surface area contributed by atoms with Crippen molar-refractivity contribution < 1.29 is 12.8 Å². The van der Waals surface area contributed by atoms with Crippen molar-refractivity contribution in [1.29, 1.82) is 0 Å². The molecule has 0 saturated carbocycles. The Morgan fingerprint density at radius 1 is 1.47 bits per heavy atom. The summed E-state index contributed by atoms with van der Waals surface area (Å²) in [7, 11) is -1.85. The van der Waals surface area contributed by atoms with Crippen LogP contribution < -0.4 is 10.0 Å². The summed E-state index contributed by atoms with van der Waals surface area (Å²) in [5.41, 5.74) is 0.202. The molecule has 0 aliphatic heterocycles. The first-order chi connectivity index (χ1) is 7.86. The summed E-state index contributed by atoms with van der Waals surface area (Å²) in [6.45, 7) is 1.90. The SMILES string of the molecule is CNCC(C)S(=O)(=O)Nc1cc(F)ccc1Br. The van der Waals surface area contributed by atoms with Crippen LogP contribution in [-0.4, -0.2) is 27.3 Å². The molecule has 1 rings (SSSR count). The van der Waals surface area contributed by atoms with Gasteiger partial charge < -0.3 is 5.32 Å². The highest BCUT2D eigenvalue weighted by molar-refractivity contribution is 9.10. The smallest absolute Gasteiger partial charge is 0.236 e. The summed E-state index contributed by atoms with van der Waals surface area (Å²) in [6.07, 6.45) is 0. The fourth-order valence-electron chi connectivity index (χ4n) is 1.23.